The number of hydrogen-bond acceptors (Lipinski definition) is 4. The van der Waals surface area contributed by atoms with Crippen LogP contribution in [0.2, 0.25) is 0 Å². The van der Waals surface area contributed by atoms with Crippen molar-refractivity contribution in [3.63, 3.8) is 0 Å². The van der Waals surface area contributed by atoms with E-state index < -0.39 is 0 Å². The molecule has 1 atom stereocenters. The minimum Gasteiger partial charge on any atom is -0.372 e. The number of likely N-dealkylation sites (tertiary alicyclic amines) is 1. The number of ether oxygens (including phenoxy) is 1. The molecule has 3 rings (SSSR count). The molecule has 1 aromatic heterocycles. The van der Waals surface area contributed by atoms with E-state index in [1.807, 2.05) is 16.5 Å². The minimum atomic E-state index is 0.0758. The third-order valence-electron chi connectivity index (χ3n) is 3.84. The Balaban J connectivity index is 1.56. The molecule has 1 aliphatic carbocycles. The second kappa shape index (κ2) is 5.28. The summed E-state index contributed by atoms with van der Waals surface area (Å²) in [5, 5.41) is 8.44. The van der Waals surface area contributed by atoms with Gasteiger partial charge < -0.3 is 9.64 Å². The third-order valence-corrected chi connectivity index (χ3v) is 3.84. The monoisotopic (exact) mass is 264 g/mol. The zero-order valence-corrected chi connectivity index (χ0v) is 11.3. The maximum Gasteiger partial charge on any atom is 0.248 e. The molecule has 2 heterocycles. The lowest BCUT2D eigenvalue weighted by molar-refractivity contribution is -0.135. The quantitative estimate of drug-likeness (QED) is 0.795. The summed E-state index contributed by atoms with van der Waals surface area (Å²) in [6.45, 7) is 4.17. The summed E-state index contributed by atoms with van der Waals surface area (Å²) in [4.78, 5) is 13.7. The topological polar surface area (TPSA) is 60.2 Å². The van der Waals surface area contributed by atoms with Gasteiger partial charge >= 0.3 is 0 Å². The first kappa shape index (κ1) is 12.6. The van der Waals surface area contributed by atoms with E-state index in [2.05, 4.69) is 16.5 Å². The average Bonchev–Trinajstić information content (AvgIpc) is 2.96. The fourth-order valence-corrected chi connectivity index (χ4v) is 2.50. The molecule has 0 bridgehead atoms. The van der Waals surface area contributed by atoms with Crippen molar-refractivity contribution < 1.29 is 9.53 Å². The Kier molecular flexibility index (Phi) is 3.50. The van der Waals surface area contributed by atoms with E-state index in [0.717, 1.165) is 25.2 Å². The molecule has 2 fully saturated rings. The van der Waals surface area contributed by atoms with Gasteiger partial charge in [0.1, 0.15) is 6.61 Å². The van der Waals surface area contributed by atoms with Gasteiger partial charge in [-0.25, -0.2) is 4.68 Å². The van der Waals surface area contributed by atoms with E-state index in [9.17, 15) is 4.79 Å². The van der Waals surface area contributed by atoms with Crippen LogP contribution < -0.4 is 0 Å². The molecule has 1 aromatic rings. The Morgan fingerprint density at radius 3 is 3.05 bits per heavy atom. The molecular weight excluding hydrogens is 244 g/mol. The standard InChI is InChI=1S/C13H20N4O2/c1-2-19-9-13(18)16-6-5-11(7-16)17-8-12(14-15-17)10-3-4-10/h8,10-11H,2-7,9H2,1H3. The molecule has 0 spiro atoms. The Hall–Kier alpha value is -1.43. The van der Waals surface area contributed by atoms with Crippen LogP contribution in [0.3, 0.4) is 0 Å². The van der Waals surface area contributed by atoms with Crippen molar-refractivity contribution >= 4 is 5.91 Å². The predicted molar refractivity (Wildman–Crippen MR) is 68.7 cm³/mol. The van der Waals surface area contributed by atoms with Gasteiger partial charge in [0.15, 0.2) is 0 Å². The summed E-state index contributed by atoms with van der Waals surface area (Å²) in [6.07, 6.45) is 5.48. The van der Waals surface area contributed by atoms with E-state index in [0.29, 0.717) is 12.5 Å². The van der Waals surface area contributed by atoms with Gasteiger partial charge in [-0.05, 0) is 26.2 Å². The van der Waals surface area contributed by atoms with E-state index in [1.54, 1.807) is 0 Å². The number of carbonyl (C=O) groups is 1. The molecule has 6 nitrogen and oxygen atoms in total. The number of nitrogens with zero attached hydrogens (tertiary/aromatic N) is 4. The van der Waals surface area contributed by atoms with Crippen molar-refractivity contribution in [1.82, 2.24) is 19.9 Å². The van der Waals surface area contributed by atoms with Crippen molar-refractivity contribution in [2.45, 2.75) is 38.1 Å². The maximum atomic E-state index is 11.9. The van der Waals surface area contributed by atoms with Crippen molar-refractivity contribution in [2.75, 3.05) is 26.3 Å². The minimum absolute atomic E-state index is 0.0758. The lowest BCUT2D eigenvalue weighted by Gasteiger charge is -2.16. The summed E-state index contributed by atoms with van der Waals surface area (Å²) in [6, 6.07) is 0.269. The lowest BCUT2D eigenvalue weighted by atomic mass is 10.2. The summed E-state index contributed by atoms with van der Waals surface area (Å²) in [7, 11) is 0. The van der Waals surface area contributed by atoms with Crippen molar-refractivity contribution in [3.8, 4) is 0 Å². The molecule has 1 amide bonds. The summed E-state index contributed by atoms with van der Waals surface area (Å²) < 4.78 is 7.10. The van der Waals surface area contributed by atoms with E-state index in [-0.39, 0.29) is 18.6 Å². The van der Waals surface area contributed by atoms with Gasteiger partial charge in [0.25, 0.3) is 0 Å². The van der Waals surface area contributed by atoms with Crippen molar-refractivity contribution in [3.05, 3.63) is 11.9 Å². The number of aromatic nitrogens is 3. The van der Waals surface area contributed by atoms with Crippen LogP contribution in [0.1, 0.15) is 43.8 Å². The molecule has 1 unspecified atom stereocenters. The fraction of sp³-hybridized carbons (Fsp3) is 0.769. The Morgan fingerprint density at radius 1 is 1.47 bits per heavy atom. The first-order valence-corrected chi connectivity index (χ1v) is 7.05. The molecule has 6 heteroatoms. The molecule has 0 aromatic carbocycles. The largest absolute Gasteiger partial charge is 0.372 e. The maximum absolute atomic E-state index is 11.9. The van der Waals surface area contributed by atoms with Crippen LogP contribution in [-0.2, 0) is 9.53 Å². The highest BCUT2D eigenvalue weighted by molar-refractivity contribution is 5.77. The predicted octanol–water partition coefficient (Wildman–Crippen LogP) is 0.965. The summed E-state index contributed by atoms with van der Waals surface area (Å²) in [5.41, 5.74) is 1.11. The van der Waals surface area contributed by atoms with Crippen LogP contribution >= 0.6 is 0 Å². The van der Waals surface area contributed by atoms with Gasteiger partial charge in [0.05, 0.1) is 11.7 Å². The average molecular weight is 264 g/mol. The number of amides is 1. The molecule has 0 radical (unpaired) electrons. The Bertz CT molecular complexity index is 455. The van der Waals surface area contributed by atoms with Crippen LogP contribution in [0.4, 0.5) is 0 Å². The second-order valence-electron chi connectivity index (χ2n) is 5.32. The molecular formula is C13H20N4O2. The summed E-state index contributed by atoms with van der Waals surface area (Å²) >= 11 is 0. The molecule has 104 valence electrons. The molecule has 19 heavy (non-hydrogen) atoms. The van der Waals surface area contributed by atoms with Gasteiger partial charge in [-0.1, -0.05) is 5.21 Å². The smallest absolute Gasteiger partial charge is 0.248 e. The zero-order valence-electron chi connectivity index (χ0n) is 11.3. The number of carbonyl (C=O) groups excluding carboxylic acids is 1. The van der Waals surface area contributed by atoms with E-state index in [1.165, 1.54) is 12.8 Å². The number of rotatable bonds is 5. The highest BCUT2D eigenvalue weighted by Crippen LogP contribution is 2.39. The van der Waals surface area contributed by atoms with Crippen LogP contribution in [0.25, 0.3) is 0 Å². The van der Waals surface area contributed by atoms with Crippen LogP contribution in [0, 0.1) is 0 Å². The van der Waals surface area contributed by atoms with E-state index in [4.69, 9.17) is 4.74 Å². The van der Waals surface area contributed by atoms with Gasteiger partial charge in [0.2, 0.25) is 5.91 Å². The highest BCUT2D eigenvalue weighted by atomic mass is 16.5. The normalized spacial score (nSPS) is 23.0. The zero-order chi connectivity index (χ0) is 13.2. The molecule has 1 saturated heterocycles. The lowest BCUT2D eigenvalue weighted by Crippen LogP contribution is -2.32. The SMILES string of the molecule is CCOCC(=O)N1CCC(n2cc(C3CC3)nn2)C1. The number of hydrogen-bond donors (Lipinski definition) is 0. The highest BCUT2D eigenvalue weighted by Gasteiger charge is 2.31. The van der Waals surface area contributed by atoms with Crippen LogP contribution in [0.5, 0.6) is 0 Å². The Morgan fingerprint density at radius 2 is 2.32 bits per heavy atom. The van der Waals surface area contributed by atoms with Crippen molar-refractivity contribution in [2.24, 2.45) is 0 Å². The van der Waals surface area contributed by atoms with Crippen LogP contribution in [0.15, 0.2) is 6.20 Å². The van der Waals surface area contributed by atoms with Gasteiger partial charge in [-0.3, -0.25) is 4.79 Å². The first-order valence-electron chi connectivity index (χ1n) is 7.05. The molecule has 0 N–H and O–H groups in total. The van der Waals surface area contributed by atoms with Gasteiger partial charge in [-0.2, -0.15) is 0 Å². The molecule has 1 saturated carbocycles. The molecule has 2 aliphatic rings. The van der Waals surface area contributed by atoms with Crippen LogP contribution in [-0.4, -0.2) is 52.1 Å². The van der Waals surface area contributed by atoms with Gasteiger partial charge in [-0.15, -0.1) is 5.10 Å². The Labute approximate surface area is 112 Å². The van der Waals surface area contributed by atoms with Gasteiger partial charge in [0, 0.05) is 31.8 Å². The molecule has 1 aliphatic heterocycles. The summed E-state index contributed by atoms with van der Waals surface area (Å²) in [5.74, 6) is 0.706. The van der Waals surface area contributed by atoms with E-state index >= 15 is 0 Å². The van der Waals surface area contributed by atoms with Crippen molar-refractivity contribution in [1.29, 1.82) is 0 Å². The first-order chi connectivity index (χ1) is 9.28. The third kappa shape index (κ3) is 2.78. The second-order valence-corrected chi connectivity index (χ2v) is 5.32. The fourth-order valence-electron chi connectivity index (χ4n) is 2.50.